The van der Waals surface area contributed by atoms with Crippen molar-refractivity contribution >= 4 is 32.3 Å². The number of sulfone groups is 1. The minimum absolute atomic E-state index is 0. The van der Waals surface area contributed by atoms with E-state index in [9.17, 15) is 21.2 Å². The van der Waals surface area contributed by atoms with E-state index in [1.165, 1.54) is 0 Å². The lowest BCUT2D eigenvalue weighted by molar-refractivity contribution is 0.561. The lowest BCUT2D eigenvalue weighted by Gasteiger charge is -2.07. The molecule has 6 nitrogen and oxygen atoms in total. The molecule has 0 amide bonds. The first-order valence-corrected chi connectivity index (χ1v) is 8.25. The van der Waals surface area contributed by atoms with Crippen LogP contribution in [0.15, 0.2) is 28.0 Å². The largest absolute Gasteiger partial charge is 0.329 e. The lowest BCUT2D eigenvalue weighted by atomic mass is 10.3. The molecule has 0 bridgehead atoms. The van der Waals surface area contributed by atoms with Crippen LogP contribution >= 0.6 is 12.4 Å². The van der Waals surface area contributed by atoms with Crippen LogP contribution in [0.3, 0.4) is 0 Å². The smallest absolute Gasteiger partial charge is 0.240 e. The molecule has 0 atom stereocenters. The number of rotatable bonds is 5. The highest BCUT2D eigenvalue weighted by atomic mass is 35.5. The molecule has 0 saturated carbocycles. The highest BCUT2D eigenvalue weighted by Crippen LogP contribution is 2.18. The molecule has 0 aliphatic carbocycles. The Morgan fingerprint density at radius 1 is 1.26 bits per heavy atom. The van der Waals surface area contributed by atoms with Crippen LogP contribution in [0.4, 0.5) is 4.39 Å². The molecule has 0 aliphatic rings. The highest BCUT2D eigenvalue weighted by molar-refractivity contribution is 7.90. The predicted octanol–water partition coefficient (Wildman–Crippen LogP) is -0.112. The summed E-state index contributed by atoms with van der Waals surface area (Å²) < 4.78 is 61.2. The van der Waals surface area contributed by atoms with Gasteiger partial charge < -0.3 is 5.73 Å². The molecule has 3 N–H and O–H groups in total. The van der Waals surface area contributed by atoms with Gasteiger partial charge in [-0.15, -0.1) is 12.4 Å². The summed E-state index contributed by atoms with van der Waals surface area (Å²) in [6.07, 6.45) is 0.840. The average Bonchev–Trinajstić information content (AvgIpc) is 2.24. The molecule has 110 valence electrons. The molecule has 19 heavy (non-hydrogen) atoms. The zero-order valence-corrected chi connectivity index (χ0v) is 12.4. The van der Waals surface area contributed by atoms with E-state index in [1.807, 2.05) is 0 Å². The van der Waals surface area contributed by atoms with Crippen molar-refractivity contribution in [2.24, 2.45) is 5.73 Å². The van der Waals surface area contributed by atoms with E-state index >= 15 is 0 Å². The van der Waals surface area contributed by atoms with Crippen molar-refractivity contribution in [3.05, 3.63) is 24.0 Å². The normalized spacial score (nSPS) is 11.9. The molecule has 0 saturated heterocycles. The monoisotopic (exact) mass is 332 g/mol. The van der Waals surface area contributed by atoms with Crippen LogP contribution in [0.25, 0.3) is 0 Å². The van der Waals surface area contributed by atoms with Gasteiger partial charge in [-0.3, -0.25) is 0 Å². The molecular formula is C9H14ClFN2O4S2. The molecule has 0 unspecified atom stereocenters. The van der Waals surface area contributed by atoms with Crippen molar-refractivity contribution in [2.75, 3.05) is 19.3 Å². The zero-order valence-electron chi connectivity index (χ0n) is 9.96. The summed E-state index contributed by atoms with van der Waals surface area (Å²) >= 11 is 0. The van der Waals surface area contributed by atoms with Crippen LogP contribution in [0.1, 0.15) is 0 Å². The van der Waals surface area contributed by atoms with E-state index in [4.69, 9.17) is 5.73 Å². The molecule has 0 aliphatic heterocycles. The fourth-order valence-corrected chi connectivity index (χ4v) is 3.01. The van der Waals surface area contributed by atoms with Gasteiger partial charge in [-0.2, -0.15) is 0 Å². The summed E-state index contributed by atoms with van der Waals surface area (Å²) in [7, 11) is -7.59. The molecule has 1 aromatic carbocycles. The van der Waals surface area contributed by atoms with Crippen LogP contribution in [-0.4, -0.2) is 36.2 Å². The number of benzene rings is 1. The Morgan fingerprint density at radius 2 is 1.84 bits per heavy atom. The predicted molar refractivity (Wildman–Crippen MR) is 71.0 cm³/mol. The van der Waals surface area contributed by atoms with Crippen LogP contribution in [0.5, 0.6) is 0 Å². The molecule has 0 fully saturated rings. The van der Waals surface area contributed by atoms with E-state index < -0.39 is 30.6 Å². The first kappa shape index (κ1) is 18.3. The topological polar surface area (TPSA) is 106 Å². The zero-order chi connectivity index (χ0) is 14.0. The van der Waals surface area contributed by atoms with Gasteiger partial charge in [0.25, 0.3) is 0 Å². The fourth-order valence-electron chi connectivity index (χ4n) is 1.23. The maximum atomic E-state index is 13.5. The maximum Gasteiger partial charge on any atom is 0.240 e. The van der Waals surface area contributed by atoms with E-state index in [2.05, 4.69) is 4.72 Å². The van der Waals surface area contributed by atoms with E-state index in [0.29, 0.717) is 6.07 Å². The van der Waals surface area contributed by atoms with E-state index in [0.717, 1.165) is 18.4 Å². The van der Waals surface area contributed by atoms with E-state index in [-0.39, 0.29) is 30.4 Å². The second-order valence-corrected chi connectivity index (χ2v) is 7.30. The van der Waals surface area contributed by atoms with Crippen LogP contribution in [0.2, 0.25) is 0 Å². The lowest BCUT2D eigenvalue weighted by Crippen LogP contribution is -2.29. The Morgan fingerprint density at radius 3 is 2.26 bits per heavy atom. The summed E-state index contributed by atoms with van der Waals surface area (Å²) in [5.74, 6) is -1.10. The fraction of sp³-hybridized carbons (Fsp3) is 0.333. The Bertz CT molecular complexity index is 646. The Hall–Kier alpha value is -0.740. The standard InChI is InChI=1S/C9H13FN2O4S2.ClH/c1-17(13,14)9-3-2-7(6-8(9)10)18(15,16)12-5-4-11;/h2-3,6,12H,4-5,11H2,1H3;1H. The van der Waals surface area contributed by atoms with Gasteiger partial charge in [0.1, 0.15) is 10.7 Å². The van der Waals surface area contributed by atoms with Crippen molar-refractivity contribution in [2.45, 2.75) is 9.79 Å². The third-order valence-corrected chi connectivity index (χ3v) is 4.64. The van der Waals surface area contributed by atoms with Gasteiger partial charge in [0.05, 0.1) is 4.90 Å². The number of nitrogens with one attached hydrogen (secondary N) is 1. The Labute approximate surface area is 117 Å². The first-order valence-electron chi connectivity index (χ1n) is 4.88. The second kappa shape index (κ2) is 6.62. The number of nitrogens with two attached hydrogens (primary N) is 1. The summed E-state index contributed by atoms with van der Waals surface area (Å²) in [6, 6.07) is 2.61. The van der Waals surface area contributed by atoms with Crippen molar-refractivity contribution in [1.29, 1.82) is 0 Å². The minimum Gasteiger partial charge on any atom is -0.329 e. The van der Waals surface area contributed by atoms with Gasteiger partial charge in [0.2, 0.25) is 10.0 Å². The van der Waals surface area contributed by atoms with Crippen molar-refractivity contribution in [1.82, 2.24) is 4.72 Å². The maximum absolute atomic E-state index is 13.5. The Balaban J connectivity index is 0.00000324. The Kier molecular flexibility index (Phi) is 6.36. The average molecular weight is 333 g/mol. The summed E-state index contributed by atoms with van der Waals surface area (Å²) in [5, 5.41) is 0. The first-order chi connectivity index (χ1) is 8.18. The van der Waals surface area contributed by atoms with Crippen molar-refractivity contribution < 1.29 is 21.2 Å². The number of halogens is 2. The molecule has 1 rings (SSSR count). The molecule has 0 heterocycles. The van der Waals surface area contributed by atoms with Gasteiger partial charge in [0, 0.05) is 19.3 Å². The van der Waals surface area contributed by atoms with Gasteiger partial charge >= 0.3 is 0 Å². The van der Waals surface area contributed by atoms with Crippen LogP contribution in [0, 0.1) is 5.82 Å². The number of hydrogen-bond acceptors (Lipinski definition) is 5. The minimum atomic E-state index is -3.87. The molecule has 0 aromatic heterocycles. The van der Waals surface area contributed by atoms with Crippen molar-refractivity contribution in [3.8, 4) is 0 Å². The summed E-state index contributed by atoms with van der Waals surface area (Å²) in [4.78, 5) is -0.888. The third kappa shape index (κ3) is 4.69. The van der Waals surface area contributed by atoms with Gasteiger partial charge in [0.15, 0.2) is 9.84 Å². The van der Waals surface area contributed by atoms with Crippen molar-refractivity contribution in [3.63, 3.8) is 0 Å². The molecule has 1 aromatic rings. The number of hydrogen-bond donors (Lipinski definition) is 2. The summed E-state index contributed by atoms with van der Waals surface area (Å²) in [6.45, 7) is 0.112. The SMILES string of the molecule is CS(=O)(=O)c1ccc(S(=O)(=O)NCCN)cc1F.Cl. The second-order valence-electron chi connectivity index (χ2n) is 3.55. The molecule has 10 heteroatoms. The quantitative estimate of drug-likeness (QED) is 0.782. The van der Waals surface area contributed by atoms with Crippen LogP contribution in [-0.2, 0) is 19.9 Å². The number of sulfonamides is 1. The molecule has 0 radical (unpaired) electrons. The van der Waals surface area contributed by atoms with Gasteiger partial charge in [-0.25, -0.2) is 25.9 Å². The third-order valence-electron chi connectivity index (χ3n) is 2.05. The van der Waals surface area contributed by atoms with Crippen LogP contribution < -0.4 is 10.5 Å². The van der Waals surface area contributed by atoms with E-state index in [1.54, 1.807) is 0 Å². The highest BCUT2D eigenvalue weighted by Gasteiger charge is 2.19. The summed E-state index contributed by atoms with van der Waals surface area (Å²) in [5.41, 5.74) is 5.14. The molecule has 0 spiro atoms. The molecular weight excluding hydrogens is 319 g/mol. The van der Waals surface area contributed by atoms with Gasteiger partial charge in [-0.05, 0) is 18.2 Å². The van der Waals surface area contributed by atoms with Gasteiger partial charge in [-0.1, -0.05) is 0 Å².